The SMILES string of the molecule is Cc1ccc2[nH]c3c(c2c1)CCCC3C(=O)NCCn1cccn1. The van der Waals surface area contributed by atoms with Crippen molar-refractivity contribution in [1.29, 1.82) is 0 Å². The second-order valence-electron chi connectivity index (χ2n) is 6.57. The topological polar surface area (TPSA) is 62.7 Å². The zero-order valence-corrected chi connectivity index (χ0v) is 13.9. The molecule has 5 nitrogen and oxygen atoms in total. The highest BCUT2D eigenvalue weighted by Gasteiger charge is 2.29. The highest BCUT2D eigenvalue weighted by atomic mass is 16.1. The number of fused-ring (bicyclic) bond motifs is 3. The Morgan fingerprint density at radius 3 is 3.21 bits per heavy atom. The minimum Gasteiger partial charge on any atom is -0.357 e. The van der Waals surface area contributed by atoms with Gasteiger partial charge in [-0.05, 0) is 49.9 Å². The summed E-state index contributed by atoms with van der Waals surface area (Å²) in [5.74, 6) is 0.0467. The quantitative estimate of drug-likeness (QED) is 0.776. The van der Waals surface area contributed by atoms with Crippen LogP contribution < -0.4 is 5.32 Å². The second kappa shape index (κ2) is 6.15. The Hall–Kier alpha value is -2.56. The van der Waals surface area contributed by atoms with E-state index in [0.29, 0.717) is 13.1 Å². The number of nitrogens with zero attached hydrogens (tertiary/aromatic N) is 2. The lowest BCUT2D eigenvalue weighted by Crippen LogP contribution is -2.33. The van der Waals surface area contributed by atoms with Gasteiger partial charge in [-0.25, -0.2) is 0 Å². The van der Waals surface area contributed by atoms with Gasteiger partial charge in [-0.3, -0.25) is 9.48 Å². The molecular weight excluding hydrogens is 300 g/mol. The maximum atomic E-state index is 12.7. The Bertz CT molecular complexity index is 863. The summed E-state index contributed by atoms with van der Waals surface area (Å²) in [6, 6.07) is 8.35. The number of aromatic amines is 1. The van der Waals surface area contributed by atoms with Gasteiger partial charge in [0.1, 0.15) is 0 Å². The average molecular weight is 322 g/mol. The van der Waals surface area contributed by atoms with Crippen molar-refractivity contribution in [2.24, 2.45) is 0 Å². The summed E-state index contributed by atoms with van der Waals surface area (Å²) in [4.78, 5) is 16.2. The Morgan fingerprint density at radius 1 is 1.46 bits per heavy atom. The minimum atomic E-state index is -0.0703. The van der Waals surface area contributed by atoms with E-state index in [1.165, 1.54) is 16.5 Å². The van der Waals surface area contributed by atoms with Crippen LogP contribution in [0.5, 0.6) is 0 Å². The van der Waals surface area contributed by atoms with Crippen LogP contribution in [0.4, 0.5) is 0 Å². The molecule has 1 aromatic carbocycles. The van der Waals surface area contributed by atoms with Gasteiger partial charge < -0.3 is 10.3 Å². The van der Waals surface area contributed by atoms with E-state index < -0.39 is 0 Å². The summed E-state index contributed by atoms with van der Waals surface area (Å²) in [5.41, 5.74) is 4.84. The van der Waals surface area contributed by atoms with Crippen LogP contribution in [0.1, 0.15) is 35.6 Å². The van der Waals surface area contributed by atoms with Gasteiger partial charge in [0.15, 0.2) is 0 Å². The minimum absolute atomic E-state index is 0.0703. The molecule has 0 radical (unpaired) electrons. The Morgan fingerprint density at radius 2 is 2.38 bits per heavy atom. The molecule has 1 unspecified atom stereocenters. The molecule has 2 aromatic heterocycles. The van der Waals surface area contributed by atoms with Gasteiger partial charge in [-0.15, -0.1) is 0 Å². The lowest BCUT2D eigenvalue weighted by Gasteiger charge is -2.22. The fraction of sp³-hybridized carbons (Fsp3) is 0.368. The largest absolute Gasteiger partial charge is 0.357 e. The first kappa shape index (κ1) is 15.0. The zero-order chi connectivity index (χ0) is 16.5. The summed E-state index contributed by atoms with van der Waals surface area (Å²) in [6.45, 7) is 3.41. The van der Waals surface area contributed by atoms with Crippen molar-refractivity contribution < 1.29 is 4.79 Å². The Kier molecular flexibility index (Phi) is 3.84. The number of amides is 1. The maximum absolute atomic E-state index is 12.7. The predicted octanol–water partition coefficient (Wildman–Crippen LogP) is 2.91. The molecule has 1 atom stereocenters. The number of aromatic nitrogens is 3. The van der Waals surface area contributed by atoms with Crippen LogP contribution in [0.25, 0.3) is 10.9 Å². The predicted molar refractivity (Wildman–Crippen MR) is 94.0 cm³/mol. The lowest BCUT2D eigenvalue weighted by atomic mass is 9.86. The third kappa shape index (κ3) is 2.70. The van der Waals surface area contributed by atoms with Crippen LogP contribution >= 0.6 is 0 Å². The first-order valence-electron chi connectivity index (χ1n) is 8.58. The Balaban J connectivity index is 1.52. The van der Waals surface area contributed by atoms with Crippen LogP contribution in [0.15, 0.2) is 36.7 Å². The third-order valence-electron chi connectivity index (χ3n) is 4.88. The summed E-state index contributed by atoms with van der Waals surface area (Å²) < 4.78 is 1.83. The first-order chi connectivity index (χ1) is 11.7. The zero-order valence-electron chi connectivity index (χ0n) is 13.9. The van der Waals surface area contributed by atoms with Crippen LogP contribution in [-0.4, -0.2) is 27.2 Å². The van der Waals surface area contributed by atoms with Crippen molar-refractivity contribution in [1.82, 2.24) is 20.1 Å². The molecule has 0 aliphatic heterocycles. The smallest absolute Gasteiger partial charge is 0.229 e. The number of H-pyrrole nitrogens is 1. The number of rotatable bonds is 4. The van der Waals surface area contributed by atoms with Gasteiger partial charge in [-0.2, -0.15) is 5.10 Å². The molecule has 0 saturated heterocycles. The fourth-order valence-corrected chi connectivity index (χ4v) is 3.69. The molecule has 24 heavy (non-hydrogen) atoms. The molecule has 0 spiro atoms. The molecule has 1 aliphatic carbocycles. The van der Waals surface area contributed by atoms with Crippen molar-refractivity contribution in [3.05, 3.63) is 53.5 Å². The summed E-state index contributed by atoms with van der Waals surface area (Å²) in [5, 5.41) is 8.50. The van der Waals surface area contributed by atoms with Crippen molar-refractivity contribution in [3.8, 4) is 0 Å². The van der Waals surface area contributed by atoms with Crippen molar-refractivity contribution in [2.75, 3.05) is 6.54 Å². The number of hydrogen-bond acceptors (Lipinski definition) is 2. The molecular formula is C19H22N4O. The fourth-order valence-electron chi connectivity index (χ4n) is 3.69. The van der Waals surface area contributed by atoms with E-state index in [9.17, 15) is 4.79 Å². The van der Waals surface area contributed by atoms with Gasteiger partial charge >= 0.3 is 0 Å². The van der Waals surface area contributed by atoms with Gasteiger partial charge in [0, 0.05) is 35.5 Å². The standard InChI is InChI=1S/C19H22N4O/c1-13-6-7-17-16(12-13)14-4-2-5-15(18(14)22-17)19(24)20-9-11-23-10-3-8-21-23/h3,6-8,10,12,15,22H,2,4-5,9,11H2,1H3,(H,20,24). The number of carbonyl (C=O) groups is 1. The van der Waals surface area contributed by atoms with E-state index in [1.807, 2.05) is 16.9 Å². The lowest BCUT2D eigenvalue weighted by molar-refractivity contribution is -0.123. The molecule has 0 fully saturated rings. The van der Waals surface area contributed by atoms with E-state index in [0.717, 1.165) is 30.5 Å². The molecule has 124 valence electrons. The van der Waals surface area contributed by atoms with E-state index in [2.05, 4.69) is 40.5 Å². The summed E-state index contributed by atoms with van der Waals surface area (Å²) in [6.07, 6.45) is 6.68. The molecule has 5 heteroatoms. The van der Waals surface area contributed by atoms with Crippen molar-refractivity contribution in [3.63, 3.8) is 0 Å². The van der Waals surface area contributed by atoms with Gasteiger partial charge in [0.2, 0.25) is 5.91 Å². The van der Waals surface area contributed by atoms with Gasteiger partial charge in [-0.1, -0.05) is 11.6 Å². The Labute approximate surface area is 141 Å². The first-order valence-corrected chi connectivity index (χ1v) is 8.58. The maximum Gasteiger partial charge on any atom is 0.229 e. The van der Waals surface area contributed by atoms with Crippen molar-refractivity contribution >= 4 is 16.8 Å². The highest BCUT2D eigenvalue weighted by Crippen LogP contribution is 2.36. The third-order valence-corrected chi connectivity index (χ3v) is 4.88. The molecule has 2 heterocycles. The molecule has 0 saturated carbocycles. The molecule has 3 aromatic rings. The van der Waals surface area contributed by atoms with Gasteiger partial charge in [0.25, 0.3) is 0 Å². The van der Waals surface area contributed by atoms with Crippen molar-refractivity contribution in [2.45, 2.75) is 38.6 Å². The molecule has 2 N–H and O–H groups in total. The normalized spacial score (nSPS) is 17.0. The molecule has 4 rings (SSSR count). The number of carbonyl (C=O) groups excluding carboxylic acids is 1. The van der Waals surface area contributed by atoms with E-state index >= 15 is 0 Å². The van der Waals surface area contributed by atoms with Gasteiger partial charge in [0.05, 0.1) is 12.5 Å². The molecule has 1 aliphatic rings. The summed E-state index contributed by atoms with van der Waals surface area (Å²) >= 11 is 0. The molecule has 1 amide bonds. The number of aryl methyl sites for hydroxylation is 2. The van der Waals surface area contributed by atoms with Crippen LogP contribution in [0.3, 0.4) is 0 Å². The molecule has 0 bridgehead atoms. The van der Waals surface area contributed by atoms with E-state index in [-0.39, 0.29) is 11.8 Å². The van der Waals surface area contributed by atoms with Crippen LogP contribution in [0.2, 0.25) is 0 Å². The summed E-state index contributed by atoms with van der Waals surface area (Å²) in [7, 11) is 0. The van der Waals surface area contributed by atoms with Crippen LogP contribution in [0, 0.1) is 6.92 Å². The second-order valence-corrected chi connectivity index (χ2v) is 6.57. The van der Waals surface area contributed by atoms with E-state index in [4.69, 9.17) is 0 Å². The average Bonchev–Trinajstić information content (AvgIpc) is 3.21. The highest BCUT2D eigenvalue weighted by molar-refractivity contribution is 5.90. The number of nitrogens with one attached hydrogen (secondary N) is 2. The van der Waals surface area contributed by atoms with Crippen LogP contribution in [-0.2, 0) is 17.8 Å². The number of hydrogen-bond donors (Lipinski definition) is 2. The van der Waals surface area contributed by atoms with E-state index in [1.54, 1.807) is 6.20 Å². The monoisotopic (exact) mass is 322 g/mol. The number of benzene rings is 1.